The van der Waals surface area contributed by atoms with Crippen molar-refractivity contribution in [3.8, 4) is 0 Å². The van der Waals surface area contributed by atoms with Gasteiger partial charge < -0.3 is 9.47 Å². The van der Waals surface area contributed by atoms with Gasteiger partial charge in [0.05, 0.1) is 12.2 Å². The van der Waals surface area contributed by atoms with Crippen LogP contribution in [0.25, 0.3) is 0 Å². The lowest BCUT2D eigenvalue weighted by molar-refractivity contribution is -0.0305. The first-order valence-electron chi connectivity index (χ1n) is 15.3. The zero-order valence-electron chi connectivity index (χ0n) is 23.8. The van der Waals surface area contributed by atoms with Gasteiger partial charge in [0, 0.05) is 19.1 Å². The van der Waals surface area contributed by atoms with Crippen LogP contribution in [0.4, 0.5) is 0 Å². The molecule has 5 saturated carbocycles. The minimum Gasteiger partial charge on any atom is -0.381 e. The highest BCUT2D eigenvalue weighted by molar-refractivity contribution is 5.28. The zero-order valence-corrected chi connectivity index (χ0v) is 23.8. The van der Waals surface area contributed by atoms with E-state index in [-0.39, 0.29) is 0 Å². The predicted molar refractivity (Wildman–Crippen MR) is 146 cm³/mol. The molecule has 0 aromatic rings. The van der Waals surface area contributed by atoms with Gasteiger partial charge >= 0.3 is 0 Å². The molecule has 0 N–H and O–H groups in total. The lowest BCUT2D eigenvalue weighted by atomic mass is 9.62. The third-order valence-electron chi connectivity index (χ3n) is 12.4. The maximum atomic E-state index is 6.58. The molecule has 0 heterocycles. The molecule has 2 heteroatoms. The molecule has 1 spiro atoms. The summed E-state index contributed by atoms with van der Waals surface area (Å²) in [5, 5.41) is 0. The highest BCUT2D eigenvalue weighted by Gasteiger charge is 2.56. The molecule has 0 aromatic heterocycles. The minimum absolute atomic E-state index is 0.395. The molecule has 2 nitrogen and oxygen atoms in total. The molecule has 8 unspecified atom stereocenters. The number of hydrogen-bond acceptors (Lipinski definition) is 2. The van der Waals surface area contributed by atoms with Crippen molar-refractivity contribution < 1.29 is 9.47 Å². The summed E-state index contributed by atoms with van der Waals surface area (Å²) in [7, 11) is 1.95. The number of hydrogen-bond donors (Lipinski definition) is 0. The fourth-order valence-corrected chi connectivity index (χ4v) is 9.60. The van der Waals surface area contributed by atoms with Crippen molar-refractivity contribution in [2.75, 3.05) is 13.7 Å². The maximum absolute atomic E-state index is 6.58. The molecule has 35 heavy (non-hydrogen) atoms. The predicted octanol–water partition coefficient (Wildman–Crippen LogP) is 8.90. The molecule has 0 aromatic carbocycles. The smallest absolute Gasteiger partial charge is 0.0667 e. The summed E-state index contributed by atoms with van der Waals surface area (Å²) in [5.41, 5.74) is 4.93. The molecule has 5 aliphatic rings. The van der Waals surface area contributed by atoms with E-state index in [1.54, 1.807) is 11.1 Å². The zero-order chi connectivity index (χ0) is 24.8. The summed E-state index contributed by atoms with van der Waals surface area (Å²) in [6.45, 7) is 13.1. The maximum Gasteiger partial charge on any atom is 0.0667 e. The Bertz CT molecular complexity index is 799. The Balaban J connectivity index is 1.23. The molecule has 0 aliphatic heterocycles. The van der Waals surface area contributed by atoms with E-state index in [2.05, 4.69) is 46.8 Å². The molecule has 5 aliphatic carbocycles. The quantitative estimate of drug-likeness (QED) is 0.326. The highest BCUT2D eigenvalue weighted by atomic mass is 16.5. The van der Waals surface area contributed by atoms with E-state index in [1.807, 2.05) is 7.11 Å². The van der Waals surface area contributed by atoms with Gasteiger partial charge in [0.2, 0.25) is 0 Å². The van der Waals surface area contributed by atoms with Gasteiger partial charge in [-0.3, -0.25) is 0 Å². The summed E-state index contributed by atoms with van der Waals surface area (Å²) >= 11 is 0. The van der Waals surface area contributed by atoms with Crippen LogP contribution in [-0.2, 0) is 9.47 Å². The minimum atomic E-state index is 0.395. The van der Waals surface area contributed by atoms with Crippen molar-refractivity contribution in [1.82, 2.24) is 0 Å². The molecule has 0 amide bonds. The van der Waals surface area contributed by atoms with Crippen LogP contribution >= 0.6 is 0 Å². The summed E-state index contributed by atoms with van der Waals surface area (Å²) in [5.74, 6) is 3.20. The molecular formula is C33H54O2. The second kappa shape index (κ2) is 9.94. The Kier molecular flexibility index (Phi) is 7.39. The average Bonchev–Trinajstić information content (AvgIpc) is 3.74. The first-order valence-corrected chi connectivity index (χ1v) is 15.3. The first-order chi connectivity index (χ1) is 16.8. The number of ether oxygens (including phenoxy) is 2. The van der Waals surface area contributed by atoms with Crippen LogP contribution in [0.1, 0.15) is 118 Å². The second-order valence-corrected chi connectivity index (χ2v) is 13.8. The SMILES string of the molecule is CCC1CC(=CC=C2CCCC3(C)C2CCC3C(C)OCCC2(CC)CC2C)CC(OC)C12CC2. The van der Waals surface area contributed by atoms with E-state index in [1.165, 1.54) is 77.0 Å². The van der Waals surface area contributed by atoms with Crippen molar-refractivity contribution in [2.45, 2.75) is 130 Å². The fraction of sp³-hybridized carbons (Fsp3) is 0.879. The molecule has 0 saturated heterocycles. The number of fused-ring (bicyclic) bond motifs is 1. The van der Waals surface area contributed by atoms with Gasteiger partial charge in [-0.15, -0.1) is 0 Å². The van der Waals surface area contributed by atoms with Crippen molar-refractivity contribution in [2.24, 2.45) is 39.9 Å². The summed E-state index contributed by atoms with van der Waals surface area (Å²) < 4.78 is 12.6. The molecule has 0 radical (unpaired) electrons. The first kappa shape index (κ1) is 26.0. The van der Waals surface area contributed by atoms with Gasteiger partial charge in [0.15, 0.2) is 0 Å². The van der Waals surface area contributed by atoms with E-state index in [0.29, 0.717) is 34.4 Å². The standard InChI is InChI=1S/C33H54O2/c1-7-27-20-25(21-30(34-6)33(27)16-17-33)11-12-26-10-9-15-31(5)28(13-14-29(26)31)24(4)35-19-18-32(8-2)22-23(32)3/h11-12,23-24,27-30H,7-10,13-22H2,1-6H3. The Hall–Kier alpha value is -0.600. The van der Waals surface area contributed by atoms with E-state index >= 15 is 0 Å². The lowest BCUT2D eigenvalue weighted by Crippen LogP contribution is -2.39. The molecule has 5 fully saturated rings. The van der Waals surface area contributed by atoms with Crippen LogP contribution < -0.4 is 0 Å². The topological polar surface area (TPSA) is 18.5 Å². The van der Waals surface area contributed by atoms with E-state index in [4.69, 9.17) is 9.47 Å². The van der Waals surface area contributed by atoms with Crippen LogP contribution in [0.5, 0.6) is 0 Å². The van der Waals surface area contributed by atoms with Crippen LogP contribution in [-0.4, -0.2) is 25.9 Å². The highest BCUT2D eigenvalue weighted by Crippen LogP contribution is 2.63. The summed E-state index contributed by atoms with van der Waals surface area (Å²) in [6.07, 6.45) is 23.2. The molecule has 5 rings (SSSR count). The van der Waals surface area contributed by atoms with Crippen LogP contribution in [0.3, 0.4) is 0 Å². The van der Waals surface area contributed by atoms with Crippen molar-refractivity contribution in [3.05, 3.63) is 23.3 Å². The van der Waals surface area contributed by atoms with Crippen LogP contribution in [0.15, 0.2) is 23.3 Å². The van der Waals surface area contributed by atoms with Gasteiger partial charge in [0.1, 0.15) is 0 Å². The normalized spacial score (nSPS) is 45.1. The number of methoxy groups -OCH3 is 1. The molecular weight excluding hydrogens is 428 g/mol. The Morgan fingerprint density at radius 1 is 1.09 bits per heavy atom. The molecule has 8 atom stereocenters. The van der Waals surface area contributed by atoms with Gasteiger partial charge in [-0.25, -0.2) is 0 Å². The second-order valence-electron chi connectivity index (χ2n) is 13.8. The summed E-state index contributed by atoms with van der Waals surface area (Å²) in [4.78, 5) is 0. The van der Waals surface area contributed by atoms with Gasteiger partial charge in [-0.2, -0.15) is 0 Å². The van der Waals surface area contributed by atoms with Gasteiger partial charge in [0.25, 0.3) is 0 Å². The van der Waals surface area contributed by atoms with E-state index in [9.17, 15) is 0 Å². The van der Waals surface area contributed by atoms with Crippen LogP contribution in [0.2, 0.25) is 0 Å². The number of rotatable bonds is 9. The van der Waals surface area contributed by atoms with Crippen molar-refractivity contribution in [1.29, 1.82) is 0 Å². The van der Waals surface area contributed by atoms with Crippen molar-refractivity contribution in [3.63, 3.8) is 0 Å². The Morgan fingerprint density at radius 3 is 2.49 bits per heavy atom. The Morgan fingerprint density at radius 2 is 1.86 bits per heavy atom. The van der Waals surface area contributed by atoms with E-state index < -0.39 is 0 Å². The third kappa shape index (κ3) is 4.62. The number of allylic oxidation sites excluding steroid dienone is 3. The van der Waals surface area contributed by atoms with Gasteiger partial charge in [-0.05, 0) is 112 Å². The van der Waals surface area contributed by atoms with E-state index in [0.717, 1.165) is 30.8 Å². The lowest BCUT2D eigenvalue weighted by Gasteiger charge is -2.44. The monoisotopic (exact) mass is 482 g/mol. The molecule has 198 valence electrons. The average molecular weight is 483 g/mol. The van der Waals surface area contributed by atoms with Gasteiger partial charge in [-0.1, -0.05) is 63.8 Å². The molecule has 0 bridgehead atoms. The van der Waals surface area contributed by atoms with Crippen molar-refractivity contribution >= 4 is 0 Å². The Labute approximate surface area is 216 Å². The fourth-order valence-electron chi connectivity index (χ4n) is 9.60. The largest absolute Gasteiger partial charge is 0.381 e. The summed E-state index contributed by atoms with van der Waals surface area (Å²) in [6, 6.07) is 0. The van der Waals surface area contributed by atoms with Crippen LogP contribution in [0, 0.1) is 39.9 Å². The third-order valence-corrected chi connectivity index (χ3v) is 12.4.